The second kappa shape index (κ2) is 8.49. The third-order valence-corrected chi connectivity index (χ3v) is 6.11. The molecule has 1 aromatic rings. The van der Waals surface area contributed by atoms with Crippen LogP contribution in [0.1, 0.15) is 68.9 Å². The third kappa shape index (κ3) is 4.17. The van der Waals surface area contributed by atoms with E-state index >= 15 is 0 Å². The Morgan fingerprint density at radius 2 is 1.84 bits per heavy atom. The maximum Gasteiger partial charge on any atom is 0.222 e. The fourth-order valence-electron chi connectivity index (χ4n) is 4.59. The lowest BCUT2D eigenvalue weighted by Gasteiger charge is -2.32. The number of piperidine rings is 1. The zero-order valence-electron chi connectivity index (χ0n) is 15.0. The summed E-state index contributed by atoms with van der Waals surface area (Å²) in [5.74, 6) is 3.84. The van der Waals surface area contributed by atoms with Gasteiger partial charge in [0.1, 0.15) is 11.6 Å². The number of rotatable bonds is 4. The standard InChI is InChI=1S/C18H29N5O.ClH/c24-17(6-5-14-3-1-2-4-14)22-10-7-15(8-11-22)18-21-20-16-13-19-9-12-23(16)18;/h14-15,19H,1-13H2;1H. The molecule has 2 fully saturated rings. The van der Waals surface area contributed by atoms with Crippen LogP contribution in [-0.4, -0.2) is 45.2 Å². The van der Waals surface area contributed by atoms with E-state index in [1.807, 2.05) is 0 Å². The lowest BCUT2D eigenvalue weighted by molar-refractivity contribution is -0.132. The Hall–Kier alpha value is -1.14. The Morgan fingerprint density at radius 1 is 1.08 bits per heavy atom. The summed E-state index contributed by atoms with van der Waals surface area (Å²) in [6.07, 6.45) is 9.31. The third-order valence-electron chi connectivity index (χ3n) is 6.11. The van der Waals surface area contributed by atoms with Crippen molar-refractivity contribution in [3.05, 3.63) is 11.6 Å². The van der Waals surface area contributed by atoms with Crippen LogP contribution in [0.3, 0.4) is 0 Å². The van der Waals surface area contributed by atoms with Crippen molar-refractivity contribution in [3.63, 3.8) is 0 Å². The maximum atomic E-state index is 12.5. The van der Waals surface area contributed by atoms with Gasteiger partial charge in [-0.2, -0.15) is 0 Å². The molecule has 0 bridgehead atoms. The van der Waals surface area contributed by atoms with Crippen LogP contribution < -0.4 is 5.32 Å². The van der Waals surface area contributed by atoms with Crippen LogP contribution in [-0.2, 0) is 17.9 Å². The molecule has 1 aromatic heterocycles. The number of hydrogen-bond donors (Lipinski definition) is 1. The number of hydrogen-bond acceptors (Lipinski definition) is 4. The van der Waals surface area contributed by atoms with E-state index in [9.17, 15) is 4.79 Å². The van der Waals surface area contributed by atoms with E-state index in [4.69, 9.17) is 0 Å². The Balaban J connectivity index is 0.00000182. The number of fused-ring (bicyclic) bond motifs is 1. The van der Waals surface area contributed by atoms with Crippen LogP contribution in [0, 0.1) is 5.92 Å². The zero-order valence-corrected chi connectivity index (χ0v) is 15.8. The van der Waals surface area contributed by atoms with Crippen molar-refractivity contribution in [2.45, 2.75) is 70.4 Å². The minimum atomic E-state index is 0. The van der Waals surface area contributed by atoms with E-state index in [2.05, 4.69) is 25.0 Å². The number of carbonyl (C=O) groups excluding carboxylic acids is 1. The molecule has 1 aliphatic carbocycles. The Morgan fingerprint density at radius 3 is 2.60 bits per heavy atom. The first-order chi connectivity index (χ1) is 11.8. The zero-order chi connectivity index (χ0) is 16.4. The van der Waals surface area contributed by atoms with Crippen molar-refractivity contribution in [1.29, 1.82) is 0 Å². The highest BCUT2D eigenvalue weighted by Crippen LogP contribution is 2.30. The fourth-order valence-corrected chi connectivity index (χ4v) is 4.59. The SMILES string of the molecule is Cl.O=C(CCC1CCCC1)N1CCC(c2nnc3n2CCNC3)CC1. The normalized spacial score (nSPS) is 21.8. The molecule has 1 N–H and O–H groups in total. The first-order valence-corrected chi connectivity index (χ1v) is 9.71. The van der Waals surface area contributed by atoms with E-state index in [1.54, 1.807) is 0 Å². The highest BCUT2D eigenvalue weighted by molar-refractivity contribution is 5.85. The molecule has 140 valence electrons. The summed E-state index contributed by atoms with van der Waals surface area (Å²) in [5, 5.41) is 12.1. The van der Waals surface area contributed by atoms with Crippen molar-refractivity contribution in [3.8, 4) is 0 Å². The molecule has 7 heteroatoms. The molecule has 25 heavy (non-hydrogen) atoms. The quantitative estimate of drug-likeness (QED) is 0.888. The monoisotopic (exact) mass is 367 g/mol. The molecule has 3 heterocycles. The summed E-state index contributed by atoms with van der Waals surface area (Å²) >= 11 is 0. The highest BCUT2D eigenvalue weighted by atomic mass is 35.5. The van der Waals surface area contributed by atoms with Crippen molar-refractivity contribution < 1.29 is 4.79 Å². The molecule has 2 aliphatic heterocycles. The van der Waals surface area contributed by atoms with Crippen molar-refractivity contribution in [2.75, 3.05) is 19.6 Å². The molecule has 1 saturated carbocycles. The van der Waals surface area contributed by atoms with Crippen molar-refractivity contribution >= 4 is 18.3 Å². The average molecular weight is 368 g/mol. The van der Waals surface area contributed by atoms with Gasteiger partial charge < -0.3 is 14.8 Å². The van der Waals surface area contributed by atoms with Gasteiger partial charge in [-0.15, -0.1) is 22.6 Å². The van der Waals surface area contributed by atoms with Gasteiger partial charge in [-0.1, -0.05) is 25.7 Å². The minimum absolute atomic E-state index is 0. The second-order valence-electron chi connectivity index (χ2n) is 7.65. The molecule has 0 atom stereocenters. The van der Waals surface area contributed by atoms with E-state index in [0.717, 1.165) is 76.0 Å². The molecular formula is C18H30ClN5O. The predicted octanol–water partition coefficient (Wildman–Crippen LogP) is 2.48. The van der Waals surface area contributed by atoms with Gasteiger partial charge in [0.15, 0.2) is 0 Å². The second-order valence-corrected chi connectivity index (χ2v) is 7.65. The molecule has 0 spiro atoms. The summed E-state index contributed by atoms with van der Waals surface area (Å²) < 4.78 is 2.29. The Labute approximate surface area is 156 Å². The topological polar surface area (TPSA) is 63.1 Å². The summed E-state index contributed by atoms with van der Waals surface area (Å²) in [6.45, 7) is 4.56. The summed E-state index contributed by atoms with van der Waals surface area (Å²) in [6, 6.07) is 0. The number of carbonyl (C=O) groups is 1. The van der Waals surface area contributed by atoms with Gasteiger partial charge >= 0.3 is 0 Å². The largest absolute Gasteiger partial charge is 0.343 e. The Bertz CT molecular complexity index is 576. The maximum absolute atomic E-state index is 12.5. The molecule has 1 saturated heterocycles. The molecule has 0 aromatic carbocycles. The number of likely N-dealkylation sites (tertiary alicyclic amines) is 1. The first-order valence-electron chi connectivity index (χ1n) is 9.71. The minimum Gasteiger partial charge on any atom is -0.343 e. The van der Waals surface area contributed by atoms with Gasteiger partial charge in [0, 0.05) is 38.5 Å². The van der Waals surface area contributed by atoms with Crippen molar-refractivity contribution in [2.24, 2.45) is 5.92 Å². The number of nitrogens with one attached hydrogen (secondary N) is 1. The Kier molecular flexibility index (Phi) is 6.34. The predicted molar refractivity (Wildman–Crippen MR) is 98.7 cm³/mol. The summed E-state index contributed by atoms with van der Waals surface area (Å²) in [5.41, 5.74) is 0. The number of nitrogens with zero attached hydrogens (tertiary/aromatic N) is 4. The molecular weight excluding hydrogens is 338 g/mol. The number of halogens is 1. The summed E-state index contributed by atoms with van der Waals surface area (Å²) in [4.78, 5) is 14.5. The van der Waals surface area contributed by atoms with E-state index in [1.165, 1.54) is 25.7 Å². The van der Waals surface area contributed by atoms with Crippen LogP contribution in [0.25, 0.3) is 0 Å². The van der Waals surface area contributed by atoms with Gasteiger partial charge in [-0.05, 0) is 25.2 Å². The van der Waals surface area contributed by atoms with Crippen molar-refractivity contribution in [1.82, 2.24) is 25.0 Å². The molecule has 6 nitrogen and oxygen atoms in total. The van der Waals surface area contributed by atoms with Gasteiger partial charge in [-0.25, -0.2) is 0 Å². The molecule has 0 unspecified atom stereocenters. The number of amides is 1. The number of aromatic nitrogens is 3. The van der Waals surface area contributed by atoms with Crippen LogP contribution in [0.5, 0.6) is 0 Å². The van der Waals surface area contributed by atoms with Gasteiger partial charge in [0.2, 0.25) is 5.91 Å². The van der Waals surface area contributed by atoms with E-state index in [0.29, 0.717) is 11.8 Å². The van der Waals surface area contributed by atoms with Crippen LogP contribution >= 0.6 is 12.4 Å². The highest BCUT2D eigenvalue weighted by Gasteiger charge is 2.29. The molecule has 3 aliphatic rings. The van der Waals surface area contributed by atoms with Gasteiger partial charge in [0.25, 0.3) is 0 Å². The smallest absolute Gasteiger partial charge is 0.222 e. The van der Waals surface area contributed by atoms with Crippen LogP contribution in [0.4, 0.5) is 0 Å². The molecule has 1 amide bonds. The van der Waals surface area contributed by atoms with Gasteiger partial charge in [-0.3, -0.25) is 4.79 Å². The molecule has 0 radical (unpaired) electrons. The lowest BCUT2D eigenvalue weighted by atomic mass is 9.95. The lowest BCUT2D eigenvalue weighted by Crippen LogP contribution is -2.39. The fraction of sp³-hybridized carbons (Fsp3) is 0.833. The van der Waals surface area contributed by atoms with Crippen LogP contribution in [0.2, 0.25) is 0 Å². The van der Waals surface area contributed by atoms with Gasteiger partial charge in [0.05, 0.1) is 6.54 Å². The summed E-state index contributed by atoms with van der Waals surface area (Å²) in [7, 11) is 0. The average Bonchev–Trinajstić information content (AvgIpc) is 3.29. The van der Waals surface area contributed by atoms with E-state index in [-0.39, 0.29) is 12.4 Å². The molecule has 4 rings (SSSR count). The van der Waals surface area contributed by atoms with E-state index < -0.39 is 0 Å². The van der Waals surface area contributed by atoms with Crippen LogP contribution in [0.15, 0.2) is 0 Å². The first kappa shape index (κ1) is 18.6.